The maximum Gasteiger partial charge on any atom is 0.167 e. The molecule has 0 radical (unpaired) electrons. The van der Waals surface area contributed by atoms with Crippen LogP contribution in [0.2, 0.25) is 0 Å². The van der Waals surface area contributed by atoms with Crippen molar-refractivity contribution in [3.8, 4) is 0 Å². The highest BCUT2D eigenvalue weighted by Crippen LogP contribution is 2.46. The molecule has 0 bridgehead atoms. The second-order valence-corrected chi connectivity index (χ2v) is 4.12. The highest BCUT2D eigenvalue weighted by atomic mass is 15.6. The lowest BCUT2D eigenvalue weighted by Gasteiger charge is -2.05. The van der Waals surface area contributed by atoms with Crippen molar-refractivity contribution in [1.82, 2.24) is 20.2 Å². The molecule has 3 atom stereocenters. The van der Waals surface area contributed by atoms with Crippen LogP contribution in [0.25, 0.3) is 0 Å². The summed E-state index contributed by atoms with van der Waals surface area (Å²) >= 11 is 0. The summed E-state index contributed by atoms with van der Waals surface area (Å²) in [5, 5.41) is 11.6. The molecule has 1 aliphatic carbocycles. The highest BCUT2D eigenvalue weighted by molar-refractivity contribution is 4.98. The number of rotatable bonds is 4. The van der Waals surface area contributed by atoms with Crippen LogP contribution in [0.5, 0.6) is 0 Å². The Hall–Kier alpha value is -0.970. The molecule has 0 spiro atoms. The molecule has 78 valence electrons. The van der Waals surface area contributed by atoms with Gasteiger partial charge in [0.15, 0.2) is 5.82 Å². The molecule has 14 heavy (non-hydrogen) atoms. The molecule has 0 saturated heterocycles. The Morgan fingerprint density at radius 1 is 1.64 bits per heavy atom. The van der Waals surface area contributed by atoms with Gasteiger partial charge in [-0.1, -0.05) is 13.3 Å². The summed E-state index contributed by atoms with van der Waals surface area (Å²) in [5.41, 5.74) is 5.78. The molecule has 2 rings (SSSR count). The lowest BCUT2D eigenvalue weighted by Crippen LogP contribution is -2.14. The quantitative estimate of drug-likeness (QED) is 0.779. The highest BCUT2D eigenvalue weighted by Gasteiger charge is 2.40. The number of nitrogens with two attached hydrogens (primary N) is 1. The van der Waals surface area contributed by atoms with Crippen molar-refractivity contribution in [2.24, 2.45) is 11.7 Å². The van der Waals surface area contributed by atoms with Crippen molar-refractivity contribution in [2.45, 2.75) is 45.2 Å². The van der Waals surface area contributed by atoms with Gasteiger partial charge in [-0.3, -0.25) is 0 Å². The summed E-state index contributed by atoms with van der Waals surface area (Å²) in [5.74, 6) is 1.58. The summed E-state index contributed by atoms with van der Waals surface area (Å²) in [4.78, 5) is 0. The Morgan fingerprint density at radius 3 is 3.07 bits per heavy atom. The van der Waals surface area contributed by atoms with Gasteiger partial charge in [-0.15, -0.1) is 5.10 Å². The SMILES string of the molecule is CCCC1CC1n1nnnc1C(C)N. The number of tetrazole rings is 1. The van der Waals surface area contributed by atoms with Crippen LogP contribution in [0.15, 0.2) is 0 Å². The Morgan fingerprint density at radius 2 is 2.43 bits per heavy atom. The molecular weight excluding hydrogens is 178 g/mol. The van der Waals surface area contributed by atoms with Gasteiger partial charge in [0.05, 0.1) is 12.1 Å². The van der Waals surface area contributed by atoms with Crippen LogP contribution in [0, 0.1) is 5.92 Å². The Kier molecular flexibility index (Phi) is 2.50. The third kappa shape index (κ3) is 1.64. The molecule has 1 aliphatic rings. The van der Waals surface area contributed by atoms with Gasteiger partial charge >= 0.3 is 0 Å². The van der Waals surface area contributed by atoms with E-state index in [2.05, 4.69) is 22.4 Å². The van der Waals surface area contributed by atoms with Gasteiger partial charge in [-0.05, 0) is 36.1 Å². The number of hydrogen-bond acceptors (Lipinski definition) is 4. The third-order valence-corrected chi connectivity index (χ3v) is 2.78. The van der Waals surface area contributed by atoms with E-state index in [0.29, 0.717) is 6.04 Å². The largest absolute Gasteiger partial charge is 0.322 e. The zero-order valence-electron chi connectivity index (χ0n) is 8.72. The van der Waals surface area contributed by atoms with Crippen molar-refractivity contribution in [1.29, 1.82) is 0 Å². The molecule has 3 unspecified atom stereocenters. The summed E-state index contributed by atoms with van der Waals surface area (Å²) in [6.07, 6.45) is 3.71. The van der Waals surface area contributed by atoms with Crippen LogP contribution in [-0.4, -0.2) is 20.2 Å². The van der Waals surface area contributed by atoms with E-state index in [1.807, 2.05) is 11.6 Å². The lowest BCUT2D eigenvalue weighted by molar-refractivity contribution is 0.511. The van der Waals surface area contributed by atoms with Crippen molar-refractivity contribution in [3.05, 3.63) is 5.82 Å². The molecule has 0 amide bonds. The molecule has 5 heteroatoms. The normalized spacial score (nSPS) is 27.6. The Labute approximate surface area is 83.7 Å². The fourth-order valence-corrected chi connectivity index (χ4v) is 1.95. The smallest absolute Gasteiger partial charge is 0.167 e. The van der Waals surface area contributed by atoms with Gasteiger partial charge < -0.3 is 5.73 Å². The minimum atomic E-state index is -0.0760. The van der Waals surface area contributed by atoms with E-state index in [1.54, 1.807) is 0 Å². The van der Waals surface area contributed by atoms with Crippen molar-refractivity contribution >= 4 is 0 Å². The van der Waals surface area contributed by atoms with E-state index in [0.717, 1.165) is 11.7 Å². The first-order valence-corrected chi connectivity index (χ1v) is 5.27. The molecule has 5 nitrogen and oxygen atoms in total. The van der Waals surface area contributed by atoms with Gasteiger partial charge in [0, 0.05) is 0 Å². The van der Waals surface area contributed by atoms with Crippen molar-refractivity contribution < 1.29 is 0 Å². The Balaban J connectivity index is 2.07. The minimum Gasteiger partial charge on any atom is -0.322 e. The fraction of sp³-hybridized carbons (Fsp3) is 0.889. The molecule has 1 saturated carbocycles. The molecular formula is C9H17N5. The van der Waals surface area contributed by atoms with E-state index < -0.39 is 0 Å². The maximum absolute atomic E-state index is 5.78. The first-order valence-electron chi connectivity index (χ1n) is 5.27. The molecule has 1 aromatic rings. The van der Waals surface area contributed by atoms with Crippen molar-refractivity contribution in [3.63, 3.8) is 0 Å². The summed E-state index contributed by atoms with van der Waals surface area (Å²) in [6.45, 7) is 4.13. The topological polar surface area (TPSA) is 69.6 Å². The number of hydrogen-bond donors (Lipinski definition) is 1. The average molecular weight is 195 g/mol. The van der Waals surface area contributed by atoms with Crippen LogP contribution in [0.4, 0.5) is 0 Å². The third-order valence-electron chi connectivity index (χ3n) is 2.78. The summed E-state index contributed by atoms with van der Waals surface area (Å²) in [7, 11) is 0. The van der Waals surface area contributed by atoms with E-state index >= 15 is 0 Å². The summed E-state index contributed by atoms with van der Waals surface area (Å²) in [6, 6.07) is 0.429. The second-order valence-electron chi connectivity index (χ2n) is 4.12. The second kappa shape index (κ2) is 3.65. The minimum absolute atomic E-state index is 0.0760. The predicted octanol–water partition coefficient (Wildman–Crippen LogP) is 1.05. The monoisotopic (exact) mass is 195 g/mol. The van der Waals surface area contributed by atoms with Gasteiger partial charge in [-0.2, -0.15) is 0 Å². The van der Waals surface area contributed by atoms with Crippen LogP contribution in [-0.2, 0) is 0 Å². The first-order chi connectivity index (χ1) is 6.74. The van der Waals surface area contributed by atoms with Gasteiger partial charge in [0.1, 0.15) is 0 Å². The van der Waals surface area contributed by atoms with E-state index in [-0.39, 0.29) is 6.04 Å². The lowest BCUT2D eigenvalue weighted by atomic mass is 10.2. The standard InChI is InChI=1S/C9H17N5/c1-3-4-7-5-8(7)14-9(6(2)10)11-12-13-14/h6-8H,3-5,10H2,1-2H3. The molecule has 1 fully saturated rings. The maximum atomic E-state index is 5.78. The van der Waals surface area contributed by atoms with Crippen LogP contribution in [0.3, 0.4) is 0 Å². The van der Waals surface area contributed by atoms with Crippen molar-refractivity contribution in [2.75, 3.05) is 0 Å². The molecule has 2 N–H and O–H groups in total. The number of aromatic nitrogens is 4. The van der Waals surface area contributed by atoms with E-state index in [4.69, 9.17) is 5.73 Å². The number of nitrogens with zero attached hydrogens (tertiary/aromatic N) is 4. The molecule has 0 aromatic carbocycles. The summed E-state index contributed by atoms with van der Waals surface area (Å²) < 4.78 is 1.91. The van der Waals surface area contributed by atoms with E-state index in [9.17, 15) is 0 Å². The molecule has 0 aliphatic heterocycles. The van der Waals surface area contributed by atoms with Crippen LogP contribution in [0.1, 0.15) is 51.0 Å². The molecule has 1 aromatic heterocycles. The van der Waals surface area contributed by atoms with Gasteiger partial charge in [0.2, 0.25) is 0 Å². The predicted molar refractivity (Wildman–Crippen MR) is 52.5 cm³/mol. The zero-order valence-corrected chi connectivity index (χ0v) is 8.72. The first kappa shape index (κ1) is 9.58. The van der Waals surface area contributed by atoms with Crippen LogP contribution >= 0.6 is 0 Å². The van der Waals surface area contributed by atoms with Crippen LogP contribution < -0.4 is 5.73 Å². The van der Waals surface area contributed by atoms with Gasteiger partial charge in [-0.25, -0.2) is 4.68 Å². The Bertz CT molecular complexity index is 306. The van der Waals surface area contributed by atoms with E-state index in [1.165, 1.54) is 19.3 Å². The zero-order chi connectivity index (χ0) is 10.1. The molecule has 1 heterocycles. The average Bonchev–Trinajstić information content (AvgIpc) is 2.74. The van der Waals surface area contributed by atoms with Gasteiger partial charge in [0.25, 0.3) is 0 Å². The fourth-order valence-electron chi connectivity index (χ4n) is 1.95.